The number of rotatable bonds is 7. The van der Waals surface area contributed by atoms with Gasteiger partial charge in [0.2, 0.25) is 5.91 Å². The highest BCUT2D eigenvalue weighted by Crippen LogP contribution is 2.02. The Morgan fingerprint density at radius 2 is 1.95 bits per heavy atom. The predicted molar refractivity (Wildman–Crippen MR) is 78.4 cm³/mol. The van der Waals surface area contributed by atoms with Crippen LogP contribution < -0.4 is 5.32 Å². The van der Waals surface area contributed by atoms with E-state index in [1.807, 2.05) is 18.7 Å². The molecule has 0 aromatic carbocycles. The van der Waals surface area contributed by atoms with E-state index >= 15 is 0 Å². The lowest BCUT2D eigenvalue weighted by Gasteiger charge is -2.34. The number of hydrogen-bond acceptors (Lipinski definition) is 4. The van der Waals surface area contributed by atoms with Gasteiger partial charge in [0.05, 0.1) is 12.9 Å². The molecule has 1 N–H and O–H groups in total. The first kappa shape index (κ1) is 15.0. The van der Waals surface area contributed by atoms with Crippen LogP contribution in [0.15, 0.2) is 18.7 Å². The van der Waals surface area contributed by atoms with Crippen molar-refractivity contribution < 1.29 is 4.79 Å². The molecule has 0 saturated carbocycles. The normalized spacial score (nSPS) is 17.2. The van der Waals surface area contributed by atoms with E-state index in [2.05, 4.69) is 31.6 Å². The first-order valence-corrected chi connectivity index (χ1v) is 7.45. The molecule has 1 fully saturated rings. The van der Waals surface area contributed by atoms with E-state index in [0.717, 1.165) is 52.2 Å². The van der Waals surface area contributed by atoms with Gasteiger partial charge in [-0.3, -0.25) is 14.6 Å². The zero-order chi connectivity index (χ0) is 14.2. The molecule has 6 nitrogen and oxygen atoms in total. The molecule has 1 aliphatic rings. The van der Waals surface area contributed by atoms with E-state index in [9.17, 15) is 4.79 Å². The number of hydrogen-bond donors (Lipinski definition) is 1. The molecule has 1 aromatic rings. The fraction of sp³-hybridized carbons (Fsp3) is 0.714. The van der Waals surface area contributed by atoms with Crippen LogP contribution in [0.5, 0.6) is 0 Å². The topological polar surface area (TPSA) is 53.4 Å². The molecule has 6 heteroatoms. The van der Waals surface area contributed by atoms with Crippen LogP contribution in [0.2, 0.25) is 0 Å². The summed E-state index contributed by atoms with van der Waals surface area (Å²) in [6.07, 6.45) is 6.66. The predicted octanol–water partition coefficient (Wildman–Crippen LogP) is 0.0269. The second kappa shape index (κ2) is 8.01. The third kappa shape index (κ3) is 4.94. The van der Waals surface area contributed by atoms with E-state index in [1.165, 1.54) is 0 Å². The van der Waals surface area contributed by atoms with Gasteiger partial charge in [-0.15, -0.1) is 0 Å². The third-order valence-corrected chi connectivity index (χ3v) is 3.64. The molecular weight excluding hydrogens is 254 g/mol. The van der Waals surface area contributed by atoms with Crippen LogP contribution in [0, 0.1) is 0 Å². The van der Waals surface area contributed by atoms with Gasteiger partial charge in [0, 0.05) is 58.2 Å². The summed E-state index contributed by atoms with van der Waals surface area (Å²) < 4.78 is 2.10. The third-order valence-electron chi connectivity index (χ3n) is 3.64. The number of nitrogens with zero attached hydrogens (tertiary/aromatic N) is 4. The van der Waals surface area contributed by atoms with Gasteiger partial charge in [-0.05, 0) is 6.42 Å². The van der Waals surface area contributed by atoms with E-state index in [1.54, 1.807) is 0 Å². The van der Waals surface area contributed by atoms with E-state index < -0.39 is 0 Å². The maximum Gasteiger partial charge on any atom is 0.234 e. The summed E-state index contributed by atoms with van der Waals surface area (Å²) in [6.45, 7) is 9.44. The standard InChI is InChI=1S/C14H25N5O/c1-2-3-16-14(20)12-18-9-6-17(7-10-18)8-11-19-5-4-15-13-19/h4-5,13H,2-3,6-12H2,1H3,(H,16,20). The van der Waals surface area contributed by atoms with Gasteiger partial charge in [-0.25, -0.2) is 4.98 Å². The minimum absolute atomic E-state index is 0.152. The Morgan fingerprint density at radius 1 is 1.20 bits per heavy atom. The zero-order valence-electron chi connectivity index (χ0n) is 12.3. The molecule has 0 bridgehead atoms. The summed E-state index contributed by atoms with van der Waals surface area (Å²) >= 11 is 0. The van der Waals surface area contributed by atoms with Gasteiger partial charge in [-0.2, -0.15) is 0 Å². The number of aromatic nitrogens is 2. The number of imidazole rings is 1. The molecule has 2 rings (SSSR count). The lowest BCUT2D eigenvalue weighted by molar-refractivity contribution is -0.122. The maximum absolute atomic E-state index is 11.7. The molecule has 112 valence electrons. The Labute approximate surface area is 120 Å². The minimum Gasteiger partial charge on any atom is -0.355 e. The van der Waals surface area contributed by atoms with Crippen molar-refractivity contribution in [1.29, 1.82) is 0 Å². The zero-order valence-corrected chi connectivity index (χ0v) is 12.3. The summed E-state index contributed by atoms with van der Waals surface area (Å²) in [4.78, 5) is 20.4. The molecule has 0 radical (unpaired) electrons. The molecule has 1 aromatic heterocycles. The molecule has 1 amide bonds. The molecule has 2 heterocycles. The van der Waals surface area contributed by atoms with Gasteiger partial charge in [0.1, 0.15) is 0 Å². The fourth-order valence-electron chi connectivity index (χ4n) is 2.37. The molecule has 1 saturated heterocycles. The Bertz CT molecular complexity index is 384. The average molecular weight is 279 g/mol. The second-order valence-corrected chi connectivity index (χ2v) is 5.27. The van der Waals surface area contributed by atoms with Crippen molar-refractivity contribution in [3.63, 3.8) is 0 Å². The minimum atomic E-state index is 0.152. The molecule has 0 aliphatic carbocycles. The van der Waals surface area contributed by atoms with Crippen molar-refractivity contribution in [1.82, 2.24) is 24.7 Å². The maximum atomic E-state index is 11.7. The van der Waals surface area contributed by atoms with Gasteiger partial charge in [-0.1, -0.05) is 6.92 Å². The lowest BCUT2D eigenvalue weighted by Crippen LogP contribution is -2.50. The van der Waals surface area contributed by atoms with E-state index in [-0.39, 0.29) is 5.91 Å². The summed E-state index contributed by atoms with van der Waals surface area (Å²) in [7, 11) is 0. The molecule has 0 spiro atoms. The first-order chi connectivity index (χ1) is 9.78. The lowest BCUT2D eigenvalue weighted by atomic mass is 10.3. The highest BCUT2D eigenvalue weighted by molar-refractivity contribution is 5.77. The number of amides is 1. The smallest absolute Gasteiger partial charge is 0.234 e. The monoisotopic (exact) mass is 279 g/mol. The quantitative estimate of drug-likeness (QED) is 0.765. The Hall–Kier alpha value is -1.40. The van der Waals surface area contributed by atoms with Gasteiger partial charge in [0.25, 0.3) is 0 Å². The van der Waals surface area contributed by atoms with Crippen LogP contribution in [0.1, 0.15) is 13.3 Å². The first-order valence-electron chi connectivity index (χ1n) is 7.45. The molecule has 1 aliphatic heterocycles. The molecule has 20 heavy (non-hydrogen) atoms. The van der Waals surface area contributed by atoms with Gasteiger partial charge >= 0.3 is 0 Å². The SMILES string of the molecule is CCCNC(=O)CN1CCN(CCn2ccnc2)CC1. The molecule has 0 atom stereocenters. The largest absolute Gasteiger partial charge is 0.355 e. The van der Waals surface area contributed by atoms with Crippen molar-refractivity contribution >= 4 is 5.91 Å². The molecule has 0 unspecified atom stereocenters. The summed E-state index contributed by atoms with van der Waals surface area (Å²) in [6, 6.07) is 0. The van der Waals surface area contributed by atoms with Gasteiger partial charge < -0.3 is 9.88 Å². The van der Waals surface area contributed by atoms with Crippen LogP contribution in [0.25, 0.3) is 0 Å². The van der Waals surface area contributed by atoms with Crippen LogP contribution in [0.4, 0.5) is 0 Å². The highest BCUT2D eigenvalue weighted by Gasteiger charge is 2.18. The van der Waals surface area contributed by atoms with Crippen molar-refractivity contribution in [3.8, 4) is 0 Å². The molecular formula is C14H25N5O. The second-order valence-electron chi connectivity index (χ2n) is 5.27. The summed E-state index contributed by atoms with van der Waals surface area (Å²) in [5, 5.41) is 2.93. The number of nitrogens with one attached hydrogen (secondary N) is 1. The number of piperazine rings is 1. The average Bonchev–Trinajstić information content (AvgIpc) is 2.98. The summed E-state index contributed by atoms with van der Waals surface area (Å²) in [5.41, 5.74) is 0. The highest BCUT2D eigenvalue weighted by atomic mass is 16.2. The van der Waals surface area contributed by atoms with Crippen LogP contribution in [-0.4, -0.2) is 71.1 Å². The van der Waals surface area contributed by atoms with Crippen molar-refractivity contribution in [2.75, 3.05) is 45.8 Å². The number of carbonyl (C=O) groups excluding carboxylic acids is 1. The van der Waals surface area contributed by atoms with Gasteiger partial charge in [0.15, 0.2) is 0 Å². The van der Waals surface area contributed by atoms with Crippen LogP contribution in [-0.2, 0) is 11.3 Å². The van der Waals surface area contributed by atoms with Crippen molar-refractivity contribution in [3.05, 3.63) is 18.7 Å². The van der Waals surface area contributed by atoms with Crippen LogP contribution in [0.3, 0.4) is 0 Å². The Kier molecular flexibility index (Phi) is 6.01. The van der Waals surface area contributed by atoms with E-state index in [0.29, 0.717) is 6.54 Å². The Morgan fingerprint density at radius 3 is 2.60 bits per heavy atom. The van der Waals surface area contributed by atoms with Crippen molar-refractivity contribution in [2.45, 2.75) is 19.9 Å². The van der Waals surface area contributed by atoms with Crippen LogP contribution >= 0.6 is 0 Å². The summed E-state index contributed by atoms with van der Waals surface area (Å²) in [5.74, 6) is 0.152. The van der Waals surface area contributed by atoms with E-state index in [4.69, 9.17) is 0 Å². The Balaban J connectivity index is 1.61. The van der Waals surface area contributed by atoms with Crippen molar-refractivity contribution in [2.24, 2.45) is 0 Å². The number of carbonyl (C=O) groups is 1. The fourth-order valence-corrected chi connectivity index (χ4v) is 2.37.